The molecule has 24 heavy (non-hydrogen) atoms. The van der Waals surface area contributed by atoms with Crippen LogP contribution in [-0.4, -0.2) is 46.7 Å². The van der Waals surface area contributed by atoms with E-state index in [-0.39, 0.29) is 18.7 Å². The lowest BCUT2D eigenvalue weighted by Gasteiger charge is -2.10. The largest absolute Gasteiger partial charge is 0.463 e. The molecule has 0 radical (unpaired) electrons. The molecule has 5 heteroatoms. The third kappa shape index (κ3) is 16.2. The minimum atomic E-state index is -0.980. The summed E-state index contributed by atoms with van der Waals surface area (Å²) < 4.78 is 4.83. The molecule has 0 saturated heterocycles. The molecule has 0 aliphatic rings. The van der Waals surface area contributed by atoms with Crippen molar-refractivity contribution < 1.29 is 24.9 Å². The lowest BCUT2D eigenvalue weighted by Crippen LogP contribution is -2.21. The Hall–Kier alpha value is -0.650. The minimum Gasteiger partial charge on any atom is -0.463 e. The highest BCUT2D eigenvalue weighted by Crippen LogP contribution is 2.13. The van der Waals surface area contributed by atoms with Crippen molar-refractivity contribution in [2.24, 2.45) is 0 Å². The standard InChI is InChI=1S/C19H38O5/c1-2-3-4-6-9-12-17(21)13-10-7-5-8-11-14-19(23)24-16-18(22)15-20/h17-18,20-22H,2-16H2,1H3. The number of carbonyl (C=O) groups excluding carboxylic acids is 1. The number of hydrogen-bond acceptors (Lipinski definition) is 5. The van der Waals surface area contributed by atoms with Crippen LogP contribution < -0.4 is 0 Å². The van der Waals surface area contributed by atoms with Crippen LogP contribution in [0, 0.1) is 0 Å². The summed E-state index contributed by atoms with van der Waals surface area (Å²) in [4.78, 5) is 11.4. The zero-order chi connectivity index (χ0) is 18.0. The normalized spacial score (nSPS) is 13.7. The van der Waals surface area contributed by atoms with E-state index in [9.17, 15) is 9.90 Å². The van der Waals surface area contributed by atoms with Gasteiger partial charge >= 0.3 is 5.97 Å². The molecule has 144 valence electrons. The molecule has 0 aliphatic heterocycles. The summed E-state index contributed by atoms with van der Waals surface area (Å²) in [5.74, 6) is -0.319. The molecule has 0 saturated carbocycles. The molecule has 5 nitrogen and oxygen atoms in total. The molecule has 0 fully saturated rings. The summed E-state index contributed by atoms with van der Waals surface area (Å²) in [5.41, 5.74) is 0. The van der Waals surface area contributed by atoms with Crippen molar-refractivity contribution in [1.29, 1.82) is 0 Å². The van der Waals surface area contributed by atoms with Crippen LogP contribution in [0.25, 0.3) is 0 Å². The number of unbranched alkanes of at least 4 members (excludes halogenated alkanes) is 8. The molecule has 3 N–H and O–H groups in total. The van der Waals surface area contributed by atoms with E-state index in [4.69, 9.17) is 14.9 Å². The second kappa shape index (κ2) is 17.2. The number of hydrogen-bond donors (Lipinski definition) is 3. The van der Waals surface area contributed by atoms with E-state index < -0.39 is 12.7 Å². The van der Waals surface area contributed by atoms with E-state index in [1.807, 2.05) is 0 Å². The maximum atomic E-state index is 11.4. The minimum absolute atomic E-state index is 0.133. The number of carbonyl (C=O) groups is 1. The Balaban J connectivity index is 3.30. The van der Waals surface area contributed by atoms with Gasteiger partial charge in [-0.15, -0.1) is 0 Å². The van der Waals surface area contributed by atoms with Crippen LogP contribution >= 0.6 is 0 Å². The average molecular weight is 347 g/mol. The molecule has 0 amide bonds. The van der Waals surface area contributed by atoms with Gasteiger partial charge in [-0.3, -0.25) is 4.79 Å². The zero-order valence-electron chi connectivity index (χ0n) is 15.4. The Kier molecular flexibility index (Phi) is 16.7. The smallest absolute Gasteiger partial charge is 0.305 e. The Labute approximate surface area is 147 Å². The van der Waals surface area contributed by atoms with Crippen molar-refractivity contribution in [1.82, 2.24) is 0 Å². The van der Waals surface area contributed by atoms with Crippen LogP contribution in [-0.2, 0) is 9.53 Å². The van der Waals surface area contributed by atoms with Gasteiger partial charge in [-0.1, -0.05) is 64.7 Å². The number of ether oxygens (including phenoxy) is 1. The fraction of sp³-hybridized carbons (Fsp3) is 0.947. The first-order valence-electron chi connectivity index (χ1n) is 9.72. The van der Waals surface area contributed by atoms with Gasteiger partial charge in [-0.25, -0.2) is 0 Å². The summed E-state index contributed by atoms with van der Waals surface area (Å²) in [6.45, 7) is 1.68. The maximum absolute atomic E-state index is 11.4. The number of aliphatic hydroxyl groups is 3. The molecule has 0 bridgehead atoms. The number of aliphatic hydroxyl groups excluding tert-OH is 3. The van der Waals surface area contributed by atoms with E-state index >= 15 is 0 Å². The third-order valence-corrected chi connectivity index (χ3v) is 4.21. The Morgan fingerprint density at radius 3 is 1.96 bits per heavy atom. The fourth-order valence-corrected chi connectivity index (χ4v) is 2.62. The van der Waals surface area contributed by atoms with Crippen LogP contribution in [0.2, 0.25) is 0 Å². The van der Waals surface area contributed by atoms with Gasteiger partial charge in [0.05, 0.1) is 12.7 Å². The predicted octanol–water partition coefficient (Wildman–Crippen LogP) is 3.33. The molecule has 2 unspecified atom stereocenters. The van der Waals surface area contributed by atoms with Gasteiger partial charge in [0, 0.05) is 6.42 Å². The Morgan fingerprint density at radius 1 is 0.833 bits per heavy atom. The fourth-order valence-electron chi connectivity index (χ4n) is 2.62. The van der Waals surface area contributed by atoms with E-state index in [2.05, 4.69) is 6.92 Å². The van der Waals surface area contributed by atoms with Crippen molar-refractivity contribution in [2.75, 3.05) is 13.2 Å². The highest BCUT2D eigenvalue weighted by Gasteiger charge is 2.07. The van der Waals surface area contributed by atoms with Crippen LogP contribution in [0.1, 0.15) is 90.4 Å². The van der Waals surface area contributed by atoms with Crippen molar-refractivity contribution in [2.45, 2.75) is 103 Å². The van der Waals surface area contributed by atoms with Crippen LogP contribution in [0.15, 0.2) is 0 Å². The second-order valence-corrected chi connectivity index (χ2v) is 6.68. The molecule has 0 aromatic rings. The molecule has 0 aliphatic carbocycles. The molecule has 0 aromatic heterocycles. The van der Waals surface area contributed by atoms with Gasteiger partial charge in [0.25, 0.3) is 0 Å². The van der Waals surface area contributed by atoms with Gasteiger partial charge in [0.15, 0.2) is 0 Å². The van der Waals surface area contributed by atoms with Gasteiger partial charge in [-0.05, 0) is 19.3 Å². The van der Waals surface area contributed by atoms with Crippen LogP contribution in [0.5, 0.6) is 0 Å². The monoisotopic (exact) mass is 346 g/mol. The highest BCUT2D eigenvalue weighted by molar-refractivity contribution is 5.69. The summed E-state index contributed by atoms with van der Waals surface area (Å²) in [6, 6.07) is 0. The van der Waals surface area contributed by atoms with Crippen molar-refractivity contribution >= 4 is 5.97 Å². The first kappa shape index (κ1) is 23.4. The SMILES string of the molecule is CCCCCCCC(O)CCCCCCCC(=O)OCC(O)CO. The molecule has 0 spiro atoms. The van der Waals surface area contributed by atoms with E-state index in [1.165, 1.54) is 25.7 Å². The molecule has 2 atom stereocenters. The molecule has 0 aromatic carbocycles. The van der Waals surface area contributed by atoms with Gasteiger partial charge in [-0.2, -0.15) is 0 Å². The third-order valence-electron chi connectivity index (χ3n) is 4.21. The summed E-state index contributed by atoms with van der Waals surface area (Å²) in [5, 5.41) is 27.6. The quantitative estimate of drug-likeness (QED) is 0.278. The van der Waals surface area contributed by atoms with E-state index in [0.29, 0.717) is 6.42 Å². The summed E-state index contributed by atoms with van der Waals surface area (Å²) in [6.07, 6.45) is 12.2. The molecule has 0 heterocycles. The van der Waals surface area contributed by atoms with Crippen molar-refractivity contribution in [3.05, 3.63) is 0 Å². The number of esters is 1. The zero-order valence-corrected chi connectivity index (χ0v) is 15.4. The van der Waals surface area contributed by atoms with Crippen molar-refractivity contribution in [3.63, 3.8) is 0 Å². The summed E-state index contributed by atoms with van der Waals surface area (Å²) in [7, 11) is 0. The highest BCUT2D eigenvalue weighted by atomic mass is 16.5. The lowest BCUT2D eigenvalue weighted by atomic mass is 10.0. The van der Waals surface area contributed by atoms with Crippen LogP contribution in [0.4, 0.5) is 0 Å². The van der Waals surface area contributed by atoms with Gasteiger partial charge < -0.3 is 20.1 Å². The lowest BCUT2D eigenvalue weighted by molar-refractivity contribution is -0.147. The van der Waals surface area contributed by atoms with Crippen LogP contribution in [0.3, 0.4) is 0 Å². The summed E-state index contributed by atoms with van der Waals surface area (Å²) >= 11 is 0. The van der Waals surface area contributed by atoms with E-state index in [0.717, 1.165) is 51.4 Å². The topological polar surface area (TPSA) is 87.0 Å². The average Bonchev–Trinajstić information content (AvgIpc) is 2.58. The van der Waals surface area contributed by atoms with E-state index in [1.54, 1.807) is 0 Å². The van der Waals surface area contributed by atoms with Gasteiger partial charge in [0.2, 0.25) is 0 Å². The second-order valence-electron chi connectivity index (χ2n) is 6.68. The predicted molar refractivity (Wildman–Crippen MR) is 95.8 cm³/mol. The molecular formula is C19H38O5. The Morgan fingerprint density at radius 2 is 1.38 bits per heavy atom. The molecular weight excluding hydrogens is 308 g/mol. The molecule has 0 rings (SSSR count). The first-order valence-corrected chi connectivity index (χ1v) is 9.72. The first-order chi connectivity index (χ1) is 11.6. The maximum Gasteiger partial charge on any atom is 0.305 e. The van der Waals surface area contributed by atoms with Gasteiger partial charge in [0.1, 0.15) is 12.7 Å². The van der Waals surface area contributed by atoms with Crippen molar-refractivity contribution in [3.8, 4) is 0 Å². The number of rotatable bonds is 17. The Bertz CT molecular complexity index is 283.